The second-order valence-corrected chi connectivity index (χ2v) is 12.2. The van der Waals surface area contributed by atoms with Crippen molar-refractivity contribution in [2.24, 2.45) is 0 Å². The summed E-state index contributed by atoms with van der Waals surface area (Å²) in [7, 11) is 0. The molecule has 44 heavy (non-hydrogen) atoms. The van der Waals surface area contributed by atoms with E-state index in [0.717, 1.165) is 46.3 Å². The van der Waals surface area contributed by atoms with Gasteiger partial charge in [-0.2, -0.15) is 0 Å². The molecule has 0 spiro atoms. The third kappa shape index (κ3) is 5.16. The summed E-state index contributed by atoms with van der Waals surface area (Å²) >= 11 is 7.48. The lowest BCUT2D eigenvalue weighted by Crippen LogP contribution is -2.26. The van der Waals surface area contributed by atoms with Crippen LogP contribution in [0.1, 0.15) is 51.0 Å². The summed E-state index contributed by atoms with van der Waals surface area (Å²) in [4.78, 5) is 7.13. The summed E-state index contributed by atoms with van der Waals surface area (Å²) < 4.78 is 0. The minimum absolute atomic E-state index is 0.289. The topological polar surface area (TPSA) is 9.72 Å². The highest BCUT2D eigenvalue weighted by atomic mass is 35.5. The van der Waals surface area contributed by atoms with E-state index in [2.05, 4.69) is 162 Å². The molecule has 0 radical (unpaired) electrons. The molecule has 3 nitrogen and oxygen atoms in total. The Labute approximate surface area is 266 Å². The van der Waals surface area contributed by atoms with Crippen molar-refractivity contribution >= 4 is 51.4 Å². The molecule has 220 valence electrons. The smallest absolute Gasteiger partial charge is 0.0883 e. The van der Waals surface area contributed by atoms with Gasteiger partial charge in [0.25, 0.3) is 0 Å². The van der Waals surface area contributed by atoms with Crippen LogP contribution < -0.4 is 14.7 Å². The van der Waals surface area contributed by atoms with Crippen LogP contribution in [0, 0.1) is 0 Å². The van der Waals surface area contributed by atoms with Crippen LogP contribution in [0.4, 0.5) is 39.8 Å². The van der Waals surface area contributed by atoms with Crippen LogP contribution in [0.5, 0.6) is 0 Å². The average Bonchev–Trinajstić information content (AvgIpc) is 3.33. The molecule has 0 aromatic heterocycles. The van der Waals surface area contributed by atoms with Crippen LogP contribution >= 0.6 is 11.6 Å². The van der Waals surface area contributed by atoms with E-state index in [9.17, 15) is 0 Å². The van der Waals surface area contributed by atoms with Gasteiger partial charge < -0.3 is 14.7 Å². The molecule has 0 N–H and O–H groups in total. The Bertz CT molecular complexity index is 1780. The highest BCUT2D eigenvalue weighted by molar-refractivity contribution is 6.36. The first-order valence-electron chi connectivity index (χ1n) is 15.8. The molecule has 5 aromatic rings. The maximum atomic E-state index is 7.48. The lowest BCUT2D eigenvalue weighted by molar-refractivity contribution is 0.642. The van der Waals surface area contributed by atoms with Gasteiger partial charge in [-0.25, -0.2) is 0 Å². The molecule has 1 heterocycles. The monoisotopic (exact) mass is 595 g/mol. The van der Waals surface area contributed by atoms with Crippen molar-refractivity contribution in [1.82, 2.24) is 0 Å². The van der Waals surface area contributed by atoms with Crippen molar-refractivity contribution in [3.63, 3.8) is 0 Å². The molecule has 2 atom stereocenters. The maximum absolute atomic E-state index is 7.48. The minimum atomic E-state index is 0.289. The number of para-hydroxylation sites is 3. The Hall–Kier alpha value is -4.47. The molecule has 4 heteroatoms. The lowest BCUT2D eigenvalue weighted by Gasteiger charge is -2.33. The number of hydrogen-bond donors (Lipinski definition) is 0. The second kappa shape index (κ2) is 12.3. The number of halogens is 1. The summed E-state index contributed by atoms with van der Waals surface area (Å²) in [6, 6.07) is 45.6. The van der Waals surface area contributed by atoms with E-state index in [0.29, 0.717) is 5.92 Å². The fraction of sp³-hybridized carbons (Fsp3) is 0.200. The molecular weight excluding hydrogens is 558 g/mol. The Balaban J connectivity index is 1.36. The first kappa shape index (κ1) is 28.3. The molecule has 0 saturated heterocycles. The van der Waals surface area contributed by atoms with Crippen LogP contribution in [-0.2, 0) is 0 Å². The van der Waals surface area contributed by atoms with Gasteiger partial charge >= 0.3 is 0 Å². The standard InChI is InChI=1S/C40H38ClN3/c1-29-30(2)42(37-25-13-12-24-36(29)37)38-26-15-27-39(40(38)41)44(33-20-10-5-11-21-33)35-23-14-22-34(28-35)43(31-16-6-3-7-17-31)32-18-8-4-9-19-32/h3,5-7,10-18,20-30H,4,8-9,19H2,1-2H3. The molecule has 1 aliphatic heterocycles. The van der Waals surface area contributed by atoms with Gasteiger partial charge in [-0.3, -0.25) is 0 Å². The summed E-state index contributed by atoms with van der Waals surface area (Å²) in [6.45, 7) is 4.60. The zero-order chi connectivity index (χ0) is 30.0. The molecule has 7 rings (SSSR count). The van der Waals surface area contributed by atoms with Crippen LogP contribution in [0.15, 0.2) is 139 Å². The van der Waals surface area contributed by atoms with Crippen molar-refractivity contribution < 1.29 is 0 Å². The molecule has 0 saturated carbocycles. The van der Waals surface area contributed by atoms with E-state index in [-0.39, 0.29) is 6.04 Å². The fourth-order valence-corrected chi connectivity index (χ4v) is 7.17. The molecule has 2 aliphatic rings. The summed E-state index contributed by atoms with van der Waals surface area (Å²) in [5.41, 5.74) is 10.4. The van der Waals surface area contributed by atoms with Gasteiger partial charge in [0.2, 0.25) is 0 Å². The van der Waals surface area contributed by atoms with Crippen LogP contribution in [0.25, 0.3) is 0 Å². The molecule has 5 aromatic carbocycles. The quantitative estimate of drug-likeness (QED) is 0.185. The van der Waals surface area contributed by atoms with Crippen molar-refractivity contribution in [3.05, 3.63) is 150 Å². The number of rotatable bonds is 7. The van der Waals surface area contributed by atoms with Gasteiger partial charge in [0, 0.05) is 46.1 Å². The van der Waals surface area contributed by atoms with E-state index in [1.165, 1.54) is 35.5 Å². The van der Waals surface area contributed by atoms with Crippen LogP contribution in [0.2, 0.25) is 5.02 Å². The molecular formula is C40H38ClN3. The molecule has 2 unspecified atom stereocenters. The summed E-state index contributed by atoms with van der Waals surface area (Å²) in [5, 5.41) is 0.743. The Morgan fingerprint density at radius 3 is 1.91 bits per heavy atom. The highest BCUT2D eigenvalue weighted by Gasteiger charge is 2.35. The number of allylic oxidation sites excluding steroid dienone is 2. The average molecular weight is 596 g/mol. The van der Waals surface area contributed by atoms with Gasteiger partial charge in [-0.05, 0) is 98.8 Å². The number of benzene rings is 5. The summed E-state index contributed by atoms with van der Waals surface area (Å²) in [5.74, 6) is 0.408. The van der Waals surface area contributed by atoms with Crippen molar-refractivity contribution in [3.8, 4) is 0 Å². The maximum Gasteiger partial charge on any atom is 0.0883 e. The lowest BCUT2D eigenvalue weighted by atomic mass is 9.98. The van der Waals surface area contributed by atoms with E-state index in [1.54, 1.807) is 0 Å². The number of fused-ring (bicyclic) bond motifs is 1. The van der Waals surface area contributed by atoms with E-state index in [1.807, 2.05) is 0 Å². The zero-order valence-electron chi connectivity index (χ0n) is 25.4. The second-order valence-electron chi connectivity index (χ2n) is 11.9. The normalized spacial score (nSPS) is 17.6. The van der Waals surface area contributed by atoms with Crippen molar-refractivity contribution in [1.29, 1.82) is 0 Å². The molecule has 0 bridgehead atoms. The van der Waals surface area contributed by atoms with E-state index >= 15 is 0 Å². The predicted octanol–water partition coefficient (Wildman–Crippen LogP) is 12.0. The fourth-order valence-electron chi connectivity index (χ4n) is 6.87. The number of hydrogen-bond acceptors (Lipinski definition) is 3. The molecule has 0 amide bonds. The van der Waals surface area contributed by atoms with Crippen molar-refractivity contribution in [2.45, 2.75) is 51.5 Å². The van der Waals surface area contributed by atoms with Gasteiger partial charge in [0.1, 0.15) is 0 Å². The van der Waals surface area contributed by atoms with Gasteiger partial charge in [-0.1, -0.05) is 91.3 Å². The predicted molar refractivity (Wildman–Crippen MR) is 188 cm³/mol. The zero-order valence-corrected chi connectivity index (χ0v) is 26.2. The third-order valence-corrected chi connectivity index (χ3v) is 9.59. The Morgan fingerprint density at radius 1 is 0.614 bits per heavy atom. The number of nitrogens with zero attached hydrogens (tertiary/aromatic N) is 3. The first-order chi connectivity index (χ1) is 21.6. The SMILES string of the molecule is CC1c2ccccc2N(c2cccc(N(c3ccccc3)c3cccc(N(C4=CCCCC4)c4ccccc4)c3)c2Cl)C1C. The number of anilines is 7. The van der Waals surface area contributed by atoms with E-state index in [4.69, 9.17) is 11.6 Å². The molecule has 0 fully saturated rings. The van der Waals surface area contributed by atoms with Gasteiger partial charge in [0.15, 0.2) is 0 Å². The first-order valence-corrected chi connectivity index (χ1v) is 16.2. The van der Waals surface area contributed by atoms with Gasteiger partial charge in [0.05, 0.1) is 16.4 Å². The van der Waals surface area contributed by atoms with Crippen LogP contribution in [0.3, 0.4) is 0 Å². The van der Waals surface area contributed by atoms with E-state index < -0.39 is 0 Å². The Kier molecular flexibility index (Phi) is 7.89. The van der Waals surface area contributed by atoms with Gasteiger partial charge in [-0.15, -0.1) is 0 Å². The van der Waals surface area contributed by atoms with Crippen molar-refractivity contribution in [2.75, 3.05) is 14.7 Å². The minimum Gasteiger partial charge on any atom is -0.337 e. The Morgan fingerprint density at radius 2 is 1.20 bits per heavy atom. The third-order valence-electron chi connectivity index (χ3n) is 9.21. The highest BCUT2D eigenvalue weighted by Crippen LogP contribution is 2.50. The van der Waals surface area contributed by atoms with Crippen LogP contribution in [-0.4, -0.2) is 6.04 Å². The summed E-state index contributed by atoms with van der Waals surface area (Å²) in [6.07, 6.45) is 7.07. The largest absolute Gasteiger partial charge is 0.337 e. The molecule has 1 aliphatic carbocycles.